The summed E-state index contributed by atoms with van der Waals surface area (Å²) in [6, 6.07) is 8.42. The maximum absolute atomic E-state index is 13.3. The maximum Gasteiger partial charge on any atom is 0.183 e. The van der Waals surface area contributed by atoms with Crippen LogP contribution in [0.5, 0.6) is 0 Å². The summed E-state index contributed by atoms with van der Waals surface area (Å²) in [6.45, 7) is 0. The van der Waals surface area contributed by atoms with Gasteiger partial charge in [-0.3, -0.25) is 4.79 Å². The van der Waals surface area contributed by atoms with Crippen molar-refractivity contribution in [1.82, 2.24) is 0 Å². The maximum atomic E-state index is 13.3. The molecule has 4 heteroatoms. The molecule has 0 heterocycles. The summed E-state index contributed by atoms with van der Waals surface area (Å²) < 4.78 is 10.7. The van der Waals surface area contributed by atoms with Crippen molar-refractivity contribution in [3.05, 3.63) is 46.5 Å². The minimum atomic E-state index is -0.540. The second-order valence-electron chi connectivity index (χ2n) is 10.3. The molecule has 5 rings (SSSR count). The van der Waals surface area contributed by atoms with Gasteiger partial charge in [-0.15, -0.1) is 0 Å². The zero-order chi connectivity index (χ0) is 21.6. The van der Waals surface area contributed by atoms with Crippen LogP contribution in [0.4, 0.5) is 0 Å². The zero-order valence-corrected chi connectivity index (χ0v) is 19.0. The number of rotatable bonds is 5. The number of hydrogen-bond acceptors (Lipinski definition) is 4. The lowest BCUT2D eigenvalue weighted by atomic mass is 9.54. The van der Waals surface area contributed by atoms with Gasteiger partial charge in [0.2, 0.25) is 0 Å². The number of ether oxygens (including phenoxy) is 2. The highest BCUT2D eigenvalue weighted by Gasteiger charge is 2.57. The molecule has 0 aliphatic heterocycles. The van der Waals surface area contributed by atoms with Gasteiger partial charge in [0.1, 0.15) is 5.78 Å². The second-order valence-corrected chi connectivity index (χ2v) is 10.3. The van der Waals surface area contributed by atoms with Crippen LogP contribution < -0.4 is 0 Å². The van der Waals surface area contributed by atoms with Gasteiger partial charge in [0.15, 0.2) is 6.29 Å². The molecule has 1 aromatic carbocycles. The van der Waals surface area contributed by atoms with Crippen molar-refractivity contribution in [2.45, 2.75) is 82.5 Å². The van der Waals surface area contributed by atoms with E-state index in [0.717, 1.165) is 69.8 Å². The number of ketones is 1. The van der Waals surface area contributed by atoms with Crippen LogP contribution in [0.1, 0.15) is 81.6 Å². The molecule has 0 aromatic heterocycles. The molecule has 1 N–H and O–H groups in total. The minimum Gasteiger partial charge on any atom is -0.386 e. The van der Waals surface area contributed by atoms with Crippen molar-refractivity contribution >= 4 is 5.78 Å². The Kier molecular flexibility index (Phi) is 5.60. The second kappa shape index (κ2) is 8.13. The van der Waals surface area contributed by atoms with Crippen LogP contribution in [0.3, 0.4) is 0 Å². The first kappa shape index (κ1) is 21.4. The third-order valence-electron chi connectivity index (χ3n) is 9.01. The molecule has 1 aromatic rings. The number of benzene rings is 1. The Balaban J connectivity index is 1.43. The predicted molar refractivity (Wildman–Crippen MR) is 119 cm³/mol. The highest BCUT2D eigenvalue weighted by atomic mass is 16.7. The fourth-order valence-electron chi connectivity index (χ4n) is 7.54. The minimum absolute atomic E-state index is 0.220. The molecule has 4 atom stereocenters. The Morgan fingerprint density at radius 2 is 1.77 bits per heavy atom. The monoisotopic (exact) mass is 424 g/mol. The van der Waals surface area contributed by atoms with E-state index in [0.29, 0.717) is 17.6 Å². The normalized spacial score (nSPS) is 35.2. The molecule has 0 radical (unpaired) electrons. The molecule has 168 valence electrons. The summed E-state index contributed by atoms with van der Waals surface area (Å²) in [6.07, 6.45) is 10.5. The Bertz CT molecular complexity index is 868. The highest BCUT2D eigenvalue weighted by molar-refractivity contribution is 5.88. The number of methoxy groups -OCH3 is 2. The Morgan fingerprint density at radius 3 is 2.52 bits per heavy atom. The molecule has 3 fully saturated rings. The van der Waals surface area contributed by atoms with Crippen LogP contribution in [0.25, 0.3) is 0 Å². The summed E-state index contributed by atoms with van der Waals surface area (Å²) in [5, 5.41) is 11.3. The van der Waals surface area contributed by atoms with Crippen molar-refractivity contribution in [2.75, 3.05) is 14.2 Å². The third kappa shape index (κ3) is 3.42. The smallest absolute Gasteiger partial charge is 0.183 e. The average Bonchev–Trinajstić information content (AvgIpc) is 3.11. The van der Waals surface area contributed by atoms with Crippen LogP contribution in [-0.4, -0.2) is 30.7 Å². The van der Waals surface area contributed by atoms with Crippen LogP contribution in [0.15, 0.2) is 35.4 Å². The quantitative estimate of drug-likeness (QED) is 0.515. The molecular formula is C27H36O4. The van der Waals surface area contributed by atoms with Crippen molar-refractivity contribution in [3.63, 3.8) is 0 Å². The first-order chi connectivity index (χ1) is 15.0. The molecule has 4 nitrogen and oxygen atoms in total. The predicted octanol–water partition coefficient (Wildman–Crippen LogP) is 5.29. The molecule has 4 aliphatic rings. The van der Waals surface area contributed by atoms with E-state index in [1.165, 1.54) is 17.6 Å². The molecule has 4 aliphatic carbocycles. The SMILES string of the molecule is COC(OC)c1ccc(C[C@]23CCC4=C5CCCC[C@]5(O)CC[C@H]4[C@@H]2CCC3=O)cc1. The fourth-order valence-corrected chi connectivity index (χ4v) is 7.54. The molecule has 0 amide bonds. The molecule has 0 bridgehead atoms. The number of aliphatic hydroxyl groups is 1. The molecule has 0 unspecified atom stereocenters. The third-order valence-corrected chi connectivity index (χ3v) is 9.01. The summed E-state index contributed by atoms with van der Waals surface area (Å²) in [7, 11) is 3.29. The largest absolute Gasteiger partial charge is 0.386 e. The Labute approximate surface area is 186 Å². The molecular weight excluding hydrogens is 388 g/mol. The number of carbonyl (C=O) groups is 1. The Morgan fingerprint density at radius 1 is 1.00 bits per heavy atom. The van der Waals surface area contributed by atoms with Gasteiger partial charge in [0.25, 0.3) is 0 Å². The van der Waals surface area contributed by atoms with E-state index in [9.17, 15) is 9.90 Å². The first-order valence-electron chi connectivity index (χ1n) is 12.1. The van der Waals surface area contributed by atoms with Gasteiger partial charge in [0.05, 0.1) is 5.60 Å². The summed E-state index contributed by atoms with van der Waals surface area (Å²) in [4.78, 5) is 13.3. The topological polar surface area (TPSA) is 55.8 Å². The van der Waals surface area contributed by atoms with E-state index in [1.54, 1.807) is 19.8 Å². The summed E-state index contributed by atoms with van der Waals surface area (Å²) >= 11 is 0. The number of allylic oxidation sites excluding steroid dienone is 1. The lowest BCUT2D eigenvalue weighted by Gasteiger charge is -2.51. The van der Waals surface area contributed by atoms with Gasteiger partial charge in [-0.05, 0) is 87.2 Å². The van der Waals surface area contributed by atoms with Gasteiger partial charge in [-0.2, -0.15) is 0 Å². The highest BCUT2D eigenvalue weighted by Crippen LogP contribution is 2.61. The summed E-state index contributed by atoms with van der Waals surface area (Å²) in [5.74, 6) is 1.41. The van der Waals surface area contributed by atoms with Crippen LogP contribution in [-0.2, 0) is 20.7 Å². The van der Waals surface area contributed by atoms with Crippen LogP contribution >= 0.6 is 0 Å². The van der Waals surface area contributed by atoms with Gasteiger partial charge in [-0.25, -0.2) is 0 Å². The molecule has 31 heavy (non-hydrogen) atoms. The zero-order valence-electron chi connectivity index (χ0n) is 19.0. The number of fused-ring (bicyclic) bond motifs is 4. The van der Waals surface area contributed by atoms with Gasteiger partial charge >= 0.3 is 0 Å². The number of Topliss-reactive ketones (excluding diaryl/α,β-unsaturated/α-hetero) is 1. The van der Waals surface area contributed by atoms with Gasteiger partial charge < -0.3 is 14.6 Å². The van der Waals surface area contributed by atoms with Gasteiger partial charge in [0, 0.05) is 31.6 Å². The van der Waals surface area contributed by atoms with E-state index in [2.05, 4.69) is 24.3 Å². The Hall–Kier alpha value is -1.49. The van der Waals surface area contributed by atoms with Crippen molar-refractivity contribution in [2.24, 2.45) is 17.3 Å². The fraction of sp³-hybridized carbons (Fsp3) is 0.667. The van der Waals surface area contributed by atoms with Crippen LogP contribution in [0.2, 0.25) is 0 Å². The van der Waals surface area contributed by atoms with E-state index < -0.39 is 5.60 Å². The van der Waals surface area contributed by atoms with E-state index in [-0.39, 0.29) is 11.7 Å². The standard InChI is InChI=1S/C27H36O4/c1-30-25(31-2)19-8-6-18(7-9-19)17-26-15-12-21-20(22(26)10-11-24(26)28)13-16-27(29)14-4-3-5-23(21)27/h6-9,20,22,25,29H,3-5,10-17H2,1-2H3/t20-,22+,26-,27+/m1/s1. The van der Waals surface area contributed by atoms with Crippen LogP contribution in [0, 0.1) is 17.3 Å². The molecule has 3 saturated carbocycles. The first-order valence-corrected chi connectivity index (χ1v) is 12.1. The lowest BCUT2D eigenvalue weighted by Crippen LogP contribution is -2.48. The van der Waals surface area contributed by atoms with E-state index in [1.807, 2.05) is 0 Å². The van der Waals surface area contributed by atoms with E-state index >= 15 is 0 Å². The van der Waals surface area contributed by atoms with E-state index in [4.69, 9.17) is 9.47 Å². The number of carbonyl (C=O) groups excluding carboxylic acids is 1. The summed E-state index contributed by atoms with van der Waals surface area (Å²) in [5.41, 5.74) is 4.39. The van der Waals surface area contributed by atoms with Crippen molar-refractivity contribution in [3.8, 4) is 0 Å². The molecule has 0 saturated heterocycles. The number of hydrogen-bond donors (Lipinski definition) is 1. The van der Waals surface area contributed by atoms with Gasteiger partial charge in [-0.1, -0.05) is 29.8 Å². The lowest BCUT2D eigenvalue weighted by molar-refractivity contribution is -0.129. The van der Waals surface area contributed by atoms with Crippen molar-refractivity contribution < 1.29 is 19.4 Å². The molecule has 0 spiro atoms. The van der Waals surface area contributed by atoms with Crippen molar-refractivity contribution in [1.29, 1.82) is 0 Å². The average molecular weight is 425 g/mol.